The highest BCUT2D eigenvalue weighted by molar-refractivity contribution is 5.98. The molecule has 1 amide bonds. The van der Waals surface area contributed by atoms with Crippen LogP contribution in [0.25, 0.3) is 17.0 Å². The van der Waals surface area contributed by atoms with E-state index in [1.165, 1.54) is 5.56 Å². The van der Waals surface area contributed by atoms with E-state index in [4.69, 9.17) is 0 Å². The van der Waals surface area contributed by atoms with Crippen LogP contribution in [-0.2, 0) is 0 Å². The van der Waals surface area contributed by atoms with Crippen LogP contribution in [0.4, 0.5) is 0 Å². The van der Waals surface area contributed by atoms with Gasteiger partial charge in [-0.25, -0.2) is 0 Å². The van der Waals surface area contributed by atoms with Crippen molar-refractivity contribution in [2.24, 2.45) is 0 Å². The van der Waals surface area contributed by atoms with Gasteiger partial charge < -0.3 is 9.88 Å². The summed E-state index contributed by atoms with van der Waals surface area (Å²) >= 11 is 0. The maximum Gasteiger partial charge on any atom is 0.270 e. The molecule has 4 nitrogen and oxygen atoms in total. The van der Waals surface area contributed by atoms with Crippen LogP contribution in [0.2, 0.25) is 0 Å². The molecule has 1 fully saturated rings. The lowest BCUT2D eigenvalue weighted by Gasteiger charge is -2.33. The van der Waals surface area contributed by atoms with Gasteiger partial charge in [0.25, 0.3) is 5.91 Å². The summed E-state index contributed by atoms with van der Waals surface area (Å²) in [6, 6.07) is 20.3. The van der Waals surface area contributed by atoms with E-state index in [2.05, 4.69) is 34.2 Å². The summed E-state index contributed by atoms with van der Waals surface area (Å²) in [5.74, 6) is 0.0978. The highest BCUT2D eigenvalue weighted by Gasteiger charge is 2.22. The number of nitrogens with zero attached hydrogens (tertiary/aromatic N) is 2. The number of piperazine rings is 1. The number of carbonyl (C=O) groups excluding carboxylic acids is 1. The Morgan fingerprint density at radius 2 is 1.69 bits per heavy atom. The summed E-state index contributed by atoms with van der Waals surface area (Å²) < 4.78 is 0. The SMILES string of the molecule is O=C(c1cc2ccccc2[nH]1)N1CCN(CC=Cc2ccccc2)CC1. The molecule has 0 unspecified atom stereocenters. The number of aromatic amines is 1. The molecule has 0 saturated carbocycles. The fourth-order valence-corrected chi connectivity index (χ4v) is 3.39. The summed E-state index contributed by atoms with van der Waals surface area (Å²) in [7, 11) is 0. The number of amides is 1. The normalized spacial score (nSPS) is 15.8. The number of para-hydroxylation sites is 1. The van der Waals surface area contributed by atoms with Gasteiger partial charge >= 0.3 is 0 Å². The molecule has 26 heavy (non-hydrogen) atoms. The first kappa shape index (κ1) is 16.6. The first-order valence-electron chi connectivity index (χ1n) is 9.10. The molecule has 0 radical (unpaired) electrons. The number of rotatable bonds is 4. The molecule has 2 heterocycles. The lowest BCUT2D eigenvalue weighted by atomic mass is 10.2. The van der Waals surface area contributed by atoms with Crippen molar-refractivity contribution in [3.05, 3.63) is 78.0 Å². The van der Waals surface area contributed by atoms with Crippen molar-refractivity contribution in [2.75, 3.05) is 32.7 Å². The number of benzene rings is 2. The molecule has 0 spiro atoms. The molecule has 4 rings (SSSR count). The Morgan fingerprint density at radius 3 is 2.46 bits per heavy atom. The average Bonchev–Trinajstić information content (AvgIpc) is 3.13. The molecule has 2 aromatic carbocycles. The largest absolute Gasteiger partial charge is 0.351 e. The minimum atomic E-state index is 0.0978. The molecule has 0 atom stereocenters. The number of carbonyl (C=O) groups is 1. The van der Waals surface area contributed by atoms with E-state index in [1.54, 1.807) is 0 Å². The van der Waals surface area contributed by atoms with Gasteiger partial charge in [0, 0.05) is 43.6 Å². The van der Waals surface area contributed by atoms with Gasteiger partial charge in [0.05, 0.1) is 0 Å². The third kappa shape index (κ3) is 3.70. The van der Waals surface area contributed by atoms with E-state index < -0.39 is 0 Å². The topological polar surface area (TPSA) is 39.3 Å². The summed E-state index contributed by atoms with van der Waals surface area (Å²) in [4.78, 5) is 20.3. The number of fused-ring (bicyclic) bond motifs is 1. The minimum absolute atomic E-state index is 0.0978. The third-order valence-corrected chi connectivity index (χ3v) is 4.89. The van der Waals surface area contributed by atoms with E-state index in [0.717, 1.165) is 43.6 Å². The van der Waals surface area contributed by atoms with Crippen molar-refractivity contribution in [3.63, 3.8) is 0 Å². The van der Waals surface area contributed by atoms with Gasteiger partial charge in [0.2, 0.25) is 0 Å². The number of aromatic nitrogens is 1. The standard InChI is InChI=1S/C22H23N3O/c26-22(21-17-19-10-4-5-11-20(19)23-21)25-15-13-24(14-16-25)12-6-9-18-7-2-1-3-8-18/h1-11,17,23H,12-16H2. The predicted octanol–water partition coefficient (Wildman–Crippen LogP) is 3.64. The Kier molecular flexibility index (Phi) is 4.84. The molecular formula is C22H23N3O. The van der Waals surface area contributed by atoms with Crippen molar-refractivity contribution in [2.45, 2.75) is 0 Å². The van der Waals surface area contributed by atoms with Gasteiger partial charge in [-0.05, 0) is 17.7 Å². The van der Waals surface area contributed by atoms with Crippen molar-refractivity contribution in [1.29, 1.82) is 0 Å². The predicted molar refractivity (Wildman–Crippen MR) is 106 cm³/mol. The van der Waals surface area contributed by atoms with E-state index in [1.807, 2.05) is 53.4 Å². The van der Waals surface area contributed by atoms with E-state index in [-0.39, 0.29) is 5.91 Å². The van der Waals surface area contributed by atoms with Crippen LogP contribution in [0.1, 0.15) is 16.1 Å². The third-order valence-electron chi connectivity index (χ3n) is 4.89. The second-order valence-electron chi connectivity index (χ2n) is 6.68. The summed E-state index contributed by atoms with van der Waals surface area (Å²) in [6.07, 6.45) is 4.35. The molecule has 1 aromatic heterocycles. The molecule has 0 aliphatic carbocycles. The van der Waals surface area contributed by atoms with Crippen LogP contribution in [0.3, 0.4) is 0 Å². The minimum Gasteiger partial charge on any atom is -0.351 e. The smallest absolute Gasteiger partial charge is 0.270 e. The van der Waals surface area contributed by atoms with Gasteiger partial charge in [-0.15, -0.1) is 0 Å². The first-order chi connectivity index (χ1) is 12.8. The monoisotopic (exact) mass is 345 g/mol. The molecule has 0 bridgehead atoms. The highest BCUT2D eigenvalue weighted by Crippen LogP contribution is 2.17. The van der Waals surface area contributed by atoms with Crippen LogP contribution in [0, 0.1) is 0 Å². The first-order valence-corrected chi connectivity index (χ1v) is 9.10. The zero-order valence-corrected chi connectivity index (χ0v) is 14.8. The Hall–Kier alpha value is -2.85. The molecule has 4 heteroatoms. The molecule has 132 valence electrons. The quantitative estimate of drug-likeness (QED) is 0.784. The molecule has 1 N–H and O–H groups in total. The van der Waals surface area contributed by atoms with Crippen LogP contribution in [0.5, 0.6) is 0 Å². The maximum atomic E-state index is 12.7. The summed E-state index contributed by atoms with van der Waals surface area (Å²) in [6.45, 7) is 4.28. The molecular weight excluding hydrogens is 322 g/mol. The van der Waals surface area contributed by atoms with E-state index in [9.17, 15) is 4.79 Å². The van der Waals surface area contributed by atoms with E-state index >= 15 is 0 Å². The second-order valence-corrected chi connectivity index (χ2v) is 6.68. The zero-order chi connectivity index (χ0) is 17.8. The maximum absolute atomic E-state index is 12.7. The fraction of sp³-hybridized carbons (Fsp3) is 0.227. The number of hydrogen-bond donors (Lipinski definition) is 1. The zero-order valence-electron chi connectivity index (χ0n) is 14.8. The van der Waals surface area contributed by atoms with Crippen molar-refractivity contribution in [3.8, 4) is 0 Å². The number of nitrogens with one attached hydrogen (secondary N) is 1. The van der Waals surface area contributed by atoms with Crippen molar-refractivity contribution >= 4 is 22.9 Å². The highest BCUT2D eigenvalue weighted by atomic mass is 16.2. The van der Waals surface area contributed by atoms with Crippen LogP contribution >= 0.6 is 0 Å². The van der Waals surface area contributed by atoms with Gasteiger partial charge in [-0.2, -0.15) is 0 Å². The second kappa shape index (κ2) is 7.58. The Balaban J connectivity index is 1.31. The Bertz CT molecular complexity index is 872. The fourth-order valence-electron chi connectivity index (χ4n) is 3.39. The van der Waals surface area contributed by atoms with Gasteiger partial charge in [0.1, 0.15) is 5.69 Å². The lowest BCUT2D eigenvalue weighted by molar-refractivity contribution is 0.0645. The molecule has 1 saturated heterocycles. The van der Waals surface area contributed by atoms with Crippen LogP contribution in [-0.4, -0.2) is 53.4 Å². The average molecular weight is 345 g/mol. The number of hydrogen-bond acceptors (Lipinski definition) is 2. The van der Waals surface area contributed by atoms with Gasteiger partial charge in [0.15, 0.2) is 0 Å². The number of H-pyrrole nitrogens is 1. The van der Waals surface area contributed by atoms with Crippen molar-refractivity contribution < 1.29 is 4.79 Å². The van der Waals surface area contributed by atoms with Crippen LogP contribution < -0.4 is 0 Å². The summed E-state index contributed by atoms with van der Waals surface area (Å²) in [5.41, 5.74) is 2.92. The Labute approximate surface area is 153 Å². The molecule has 1 aliphatic heterocycles. The van der Waals surface area contributed by atoms with Gasteiger partial charge in [-0.1, -0.05) is 60.7 Å². The van der Waals surface area contributed by atoms with Crippen molar-refractivity contribution in [1.82, 2.24) is 14.8 Å². The van der Waals surface area contributed by atoms with Crippen LogP contribution in [0.15, 0.2) is 66.7 Å². The van der Waals surface area contributed by atoms with E-state index in [0.29, 0.717) is 5.69 Å². The molecule has 1 aliphatic rings. The Morgan fingerprint density at radius 1 is 0.962 bits per heavy atom. The van der Waals surface area contributed by atoms with Gasteiger partial charge in [-0.3, -0.25) is 9.69 Å². The molecule has 3 aromatic rings. The summed E-state index contributed by atoms with van der Waals surface area (Å²) in [5, 5.41) is 1.08. The lowest BCUT2D eigenvalue weighted by Crippen LogP contribution is -2.48.